The van der Waals surface area contributed by atoms with E-state index < -0.39 is 0 Å². The number of esters is 1. The number of fused-ring (bicyclic) bond motifs is 5. The second-order valence-electron chi connectivity index (χ2n) is 17.6. The number of hydrogen-bond donors (Lipinski definition) is 0. The molecule has 3 fully saturated rings. The maximum Gasteiger partial charge on any atom is 0.306 e. The first kappa shape index (κ1) is 38.5. The number of carbonyl (C=O) groups excluding carboxylic acids is 1. The molecule has 7 atom stereocenters. The summed E-state index contributed by atoms with van der Waals surface area (Å²) >= 11 is 0. The highest BCUT2D eigenvalue weighted by atomic mass is 16.5. The van der Waals surface area contributed by atoms with Crippen molar-refractivity contribution >= 4 is 5.97 Å². The van der Waals surface area contributed by atoms with Crippen LogP contribution in [0.25, 0.3) is 0 Å². The van der Waals surface area contributed by atoms with Crippen LogP contribution in [-0.2, 0) is 9.53 Å². The lowest BCUT2D eigenvalue weighted by Crippen LogP contribution is -2.46. The van der Waals surface area contributed by atoms with E-state index in [1.165, 1.54) is 122 Å². The lowest BCUT2D eigenvalue weighted by atomic mass is 9.50. The van der Waals surface area contributed by atoms with E-state index in [0.29, 0.717) is 17.8 Å². The summed E-state index contributed by atoms with van der Waals surface area (Å²) in [5, 5.41) is 0. The van der Waals surface area contributed by atoms with Gasteiger partial charge in [0.25, 0.3) is 0 Å². The third-order valence-corrected chi connectivity index (χ3v) is 13.7. The van der Waals surface area contributed by atoms with Crippen LogP contribution in [0.2, 0.25) is 0 Å². The van der Waals surface area contributed by atoms with Gasteiger partial charge in [0.15, 0.2) is 0 Å². The Bertz CT molecular complexity index is 1030. The van der Waals surface area contributed by atoms with Crippen molar-refractivity contribution in [2.75, 3.05) is 0 Å². The SMILES string of the molecule is CCCCCCCC/C=C\CCCCCCCC(=O)O[C@H]1CC[C@@]2(C)C(=CC=C3[C@@H]4CC[C@H]([C@H](C)CCCC(C)C)[C@@]4(C)CC[C@@H]32)C1. The molecule has 0 heterocycles. The Kier molecular flexibility index (Phi) is 15.7. The minimum atomic E-state index is 0.0387. The van der Waals surface area contributed by atoms with Crippen molar-refractivity contribution in [1.29, 1.82) is 0 Å². The van der Waals surface area contributed by atoms with Gasteiger partial charge in [-0.1, -0.05) is 148 Å². The minimum absolute atomic E-state index is 0.0387. The fourth-order valence-corrected chi connectivity index (χ4v) is 10.7. The largest absolute Gasteiger partial charge is 0.462 e. The molecular formula is C45H76O2. The maximum atomic E-state index is 12.8. The molecule has 47 heavy (non-hydrogen) atoms. The molecule has 0 aromatic carbocycles. The summed E-state index contributed by atoms with van der Waals surface area (Å²) in [5.74, 6) is 4.07. The van der Waals surface area contributed by atoms with Gasteiger partial charge in [-0.25, -0.2) is 0 Å². The molecular weight excluding hydrogens is 572 g/mol. The second-order valence-corrected chi connectivity index (χ2v) is 17.6. The Morgan fingerprint density at radius 2 is 1.47 bits per heavy atom. The zero-order chi connectivity index (χ0) is 33.7. The molecule has 268 valence electrons. The van der Waals surface area contributed by atoms with Crippen LogP contribution in [-0.4, -0.2) is 12.1 Å². The van der Waals surface area contributed by atoms with Crippen molar-refractivity contribution in [2.45, 2.75) is 202 Å². The molecule has 0 spiro atoms. The van der Waals surface area contributed by atoms with Crippen LogP contribution in [0, 0.1) is 40.4 Å². The summed E-state index contributed by atoms with van der Waals surface area (Å²) < 4.78 is 6.10. The molecule has 0 saturated heterocycles. The number of ether oxygens (including phenoxy) is 1. The Labute approximate surface area is 292 Å². The molecule has 0 aromatic rings. The number of rotatable bonds is 21. The second kappa shape index (κ2) is 19.2. The molecule has 0 radical (unpaired) electrons. The van der Waals surface area contributed by atoms with Gasteiger partial charge in [-0.2, -0.15) is 0 Å². The van der Waals surface area contributed by atoms with Gasteiger partial charge in [-0.3, -0.25) is 4.79 Å². The lowest BCUT2D eigenvalue weighted by molar-refractivity contribution is -0.151. The topological polar surface area (TPSA) is 26.3 Å². The number of unbranched alkanes of at least 4 members (excludes halogenated alkanes) is 11. The standard InChI is InChI=1S/C45H76O2/c1-7-8-9-10-11-12-13-14-15-16-17-18-19-20-21-25-43(46)47-38-30-32-44(5)37(34-38)26-27-39-41-29-28-40(36(4)24-22-23-35(2)3)45(41,6)33-31-42(39)44/h14-15,26-27,35-36,38,40-42H,7-13,16-25,28-34H2,1-6H3/b15-14-/t36-,38+,40-,41+,42+,44+,45-/m1/s1. The van der Waals surface area contributed by atoms with E-state index in [1.54, 1.807) is 11.1 Å². The average molecular weight is 649 g/mol. The molecule has 4 aliphatic rings. The maximum absolute atomic E-state index is 12.8. The van der Waals surface area contributed by atoms with Crippen LogP contribution in [0.4, 0.5) is 0 Å². The van der Waals surface area contributed by atoms with E-state index in [0.717, 1.165) is 49.4 Å². The summed E-state index contributed by atoms with van der Waals surface area (Å²) in [6.45, 7) is 14.8. The van der Waals surface area contributed by atoms with E-state index in [1.807, 2.05) is 0 Å². The van der Waals surface area contributed by atoms with Crippen molar-refractivity contribution in [3.8, 4) is 0 Å². The fourth-order valence-electron chi connectivity index (χ4n) is 10.7. The molecule has 2 nitrogen and oxygen atoms in total. The van der Waals surface area contributed by atoms with E-state index in [2.05, 4.69) is 65.8 Å². The summed E-state index contributed by atoms with van der Waals surface area (Å²) in [6.07, 6.45) is 40.1. The molecule has 0 N–H and O–H groups in total. The van der Waals surface area contributed by atoms with Crippen LogP contribution in [0.5, 0.6) is 0 Å². The first-order valence-corrected chi connectivity index (χ1v) is 20.9. The first-order valence-electron chi connectivity index (χ1n) is 20.9. The highest BCUT2D eigenvalue weighted by Gasteiger charge is 2.57. The van der Waals surface area contributed by atoms with Crippen LogP contribution >= 0.6 is 0 Å². The number of allylic oxidation sites excluding steroid dienone is 5. The zero-order valence-corrected chi connectivity index (χ0v) is 32.1. The van der Waals surface area contributed by atoms with Gasteiger partial charge in [0.05, 0.1) is 0 Å². The molecule has 0 aromatic heterocycles. The van der Waals surface area contributed by atoms with Gasteiger partial charge >= 0.3 is 5.97 Å². The average Bonchev–Trinajstić information content (AvgIpc) is 3.40. The summed E-state index contributed by atoms with van der Waals surface area (Å²) in [5.41, 5.74) is 4.11. The predicted molar refractivity (Wildman–Crippen MR) is 202 cm³/mol. The van der Waals surface area contributed by atoms with Crippen LogP contribution in [0.15, 0.2) is 35.5 Å². The Balaban J connectivity index is 1.14. The highest BCUT2D eigenvalue weighted by Crippen LogP contribution is 2.66. The Morgan fingerprint density at radius 3 is 2.17 bits per heavy atom. The van der Waals surface area contributed by atoms with Gasteiger partial charge in [0.1, 0.15) is 6.10 Å². The normalized spacial score (nSPS) is 30.9. The minimum Gasteiger partial charge on any atom is -0.462 e. The molecule has 3 saturated carbocycles. The van der Waals surface area contributed by atoms with E-state index >= 15 is 0 Å². The van der Waals surface area contributed by atoms with Crippen LogP contribution in [0.3, 0.4) is 0 Å². The third kappa shape index (κ3) is 10.6. The van der Waals surface area contributed by atoms with Crippen molar-refractivity contribution in [1.82, 2.24) is 0 Å². The summed E-state index contributed by atoms with van der Waals surface area (Å²) in [4.78, 5) is 12.8. The quantitative estimate of drug-likeness (QED) is 0.0703. The summed E-state index contributed by atoms with van der Waals surface area (Å²) in [7, 11) is 0. The molecule has 4 rings (SSSR count). The van der Waals surface area contributed by atoms with Gasteiger partial charge in [-0.05, 0) is 111 Å². The van der Waals surface area contributed by atoms with Crippen LogP contribution in [0.1, 0.15) is 196 Å². The molecule has 2 heteroatoms. The van der Waals surface area contributed by atoms with Crippen molar-refractivity contribution in [3.05, 3.63) is 35.5 Å². The molecule has 0 unspecified atom stereocenters. The predicted octanol–water partition coefficient (Wildman–Crippen LogP) is 13.9. The van der Waals surface area contributed by atoms with E-state index in [4.69, 9.17) is 4.74 Å². The molecule has 4 aliphatic carbocycles. The van der Waals surface area contributed by atoms with Crippen molar-refractivity contribution < 1.29 is 9.53 Å². The van der Waals surface area contributed by atoms with E-state index in [-0.39, 0.29) is 17.5 Å². The zero-order valence-electron chi connectivity index (χ0n) is 32.1. The van der Waals surface area contributed by atoms with Crippen molar-refractivity contribution in [3.63, 3.8) is 0 Å². The Morgan fingerprint density at radius 1 is 0.787 bits per heavy atom. The van der Waals surface area contributed by atoms with Gasteiger partial charge in [-0.15, -0.1) is 0 Å². The highest BCUT2D eigenvalue weighted by molar-refractivity contribution is 5.69. The smallest absolute Gasteiger partial charge is 0.306 e. The first-order chi connectivity index (χ1) is 22.7. The fraction of sp³-hybridized carbons (Fsp3) is 0.844. The van der Waals surface area contributed by atoms with E-state index in [9.17, 15) is 4.79 Å². The van der Waals surface area contributed by atoms with Gasteiger partial charge < -0.3 is 4.74 Å². The molecule has 0 bridgehead atoms. The molecule has 0 aliphatic heterocycles. The van der Waals surface area contributed by atoms with Gasteiger partial charge in [0, 0.05) is 12.8 Å². The Hall–Kier alpha value is -1.31. The summed E-state index contributed by atoms with van der Waals surface area (Å²) in [6, 6.07) is 0. The van der Waals surface area contributed by atoms with Gasteiger partial charge in [0.2, 0.25) is 0 Å². The lowest BCUT2D eigenvalue weighted by Gasteiger charge is -2.55. The monoisotopic (exact) mass is 649 g/mol. The third-order valence-electron chi connectivity index (χ3n) is 13.7. The number of carbonyl (C=O) groups is 1. The number of hydrogen-bond acceptors (Lipinski definition) is 2. The van der Waals surface area contributed by atoms with Crippen LogP contribution < -0.4 is 0 Å². The van der Waals surface area contributed by atoms with Crippen molar-refractivity contribution in [2.24, 2.45) is 40.4 Å². The molecule has 0 amide bonds.